The molecule has 2 aromatic heterocycles. The summed E-state index contributed by atoms with van der Waals surface area (Å²) in [5.41, 5.74) is 10.5. The molecule has 0 atom stereocenters. The number of nitrogens with one attached hydrogen (secondary N) is 1. The third-order valence-corrected chi connectivity index (χ3v) is 6.44. The Bertz CT molecular complexity index is 1350. The zero-order chi connectivity index (χ0) is 22.6. The van der Waals surface area contributed by atoms with Crippen LogP contribution in [0.2, 0.25) is 0 Å². The molecule has 0 saturated heterocycles. The Labute approximate surface area is 184 Å². The van der Waals surface area contributed by atoms with Crippen LogP contribution in [0.15, 0.2) is 89.2 Å². The van der Waals surface area contributed by atoms with Gasteiger partial charge in [0, 0.05) is 17.3 Å². The van der Waals surface area contributed by atoms with E-state index in [2.05, 4.69) is 20.4 Å². The van der Waals surface area contributed by atoms with E-state index in [9.17, 15) is 13.2 Å². The highest BCUT2D eigenvalue weighted by molar-refractivity contribution is 7.91. The zero-order valence-electron chi connectivity index (χ0n) is 16.9. The SMILES string of the molecule is NC(=O)CN(Cc1cc2cncnc2cn1)Nc1ccc(S(=O)(=O)c2ccccc2)cc1. The minimum atomic E-state index is -3.61. The van der Waals surface area contributed by atoms with Gasteiger partial charge in [-0.1, -0.05) is 18.2 Å². The predicted octanol–water partition coefficient (Wildman–Crippen LogP) is 2.17. The van der Waals surface area contributed by atoms with E-state index in [0.717, 1.165) is 5.39 Å². The van der Waals surface area contributed by atoms with Crippen molar-refractivity contribution in [2.45, 2.75) is 16.3 Å². The summed E-state index contributed by atoms with van der Waals surface area (Å²) in [6, 6.07) is 16.3. The summed E-state index contributed by atoms with van der Waals surface area (Å²) < 4.78 is 25.5. The van der Waals surface area contributed by atoms with Gasteiger partial charge in [-0.2, -0.15) is 0 Å². The number of pyridine rings is 1. The number of hydrazine groups is 1. The second-order valence-electron chi connectivity index (χ2n) is 7.03. The molecule has 0 spiro atoms. The molecule has 10 heteroatoms. The predicted molar refractivity (Wildman–Crippen MR) is 119 cm³/mol. The standard InChI is InChI=1S/C22H20N6O3S/c23-22(29)14-28(13-18-10-16-11-24-15-26-21(16)12-25-18)27-17-6-8-20(9-7-17)32(30,31)19-4-2-1-3-5-19/h1-12,15,27H,13-14H2,(H2,23,29). The molecule has 0 aliphatic carbocycles. The number of hydrogen-bond donors (Lipinski definition) is 2. The van der Waals surface area contributed by atoms with E-state index in [0.29, 0.717) is 16.9 Å². The Morgan fingerprint density at radius 2 is 1.69 bits per heavy atom. The van der Waals surface area contributed by atoms with Gasteiger partial charge in [0.15, 0.2) is 0 Å². The zero-order valence-corrected chi connectivity index (χ0v) is 17.7. The lowest BCUT2D eigenvalue weighted by Crippen LogP contribution is -2.37. The van der Waals surface area contributed by atoms with Crippen LogP contribution >= 0.6 is 0 Å². The summed E-state index contributed by atoms with van der Waals surface area (Å²) >= 11 is 0. The maximum atomic E-state index is 12.8. The monoisotopic (exact) mass is 448 g/mol. The molecule has 0 saturated carbocycles. The molecule has 3 N–H and O–H groups in total. The summed E-state index contributed by atoms with van der Waals surface area (Å²) in [4.78, 5) is 24.5. The molecule has 4 rings (SSSR count). The number of carbonyl (C=O) groups excluding carboxylic acids is 1. The highest BCUT2D eigenvalue weighted by Gasteiger charge is 2.17. The molecular weight excluding hydrogens is 428 g/mol. The molecular formula is C22H20N6O3S. The van der Waals surface area contributed by atoms with E-state index in [-0.39, 0.29) is 22.9 Å². The molecule has 0 unspecified atom stereocenters. The summed E-state index contributed by atoms with van der Waals surface area (Å²) in [6.07, 6.45) is 4.77. The number of amides is 1. The number of primary amides is 1. The van der Waals surface area contributed by atoms with Crippen LogP contribution < -0.4 is 11.2 Å². The third kappa shape index (κ3) is 4.88. The number of carbonyl (C=O) groups is 1. The number of anilines is 1. The van der Waals surface area contributed by atoms with Crippen LogP contribution in [0, 0.1) is 0 Å². The Hall–Kier alpha value is -3.89. The molecule has 4 aromatic rings. The fourth-order valence-corrected chi connectivity index (χ4v) is 4.44. The average Bonchev–Trinajstić information content (AvgIpc) is 2.79. The molecule has 32 heavy (non-hydrogen) atoms. The normalized spacial score (nSPS) is 11.5. The highest BCUT2D eigenvalue weighted by atomic mass is 32.2. The minimum absolute atomic E-state index is 0.0743. The van der Waals surface area contributed by atoms with Crippen LogP contribution in [0.1, 0.15) is 5.69 Å². The fraction of sp³-hybridized carbons (Fsp3) is 0.0909. The van der Waals surface area contributed by atoms with Gasteiger partial charge < -0.3 is 11.2 Å². The van der Waals surface area contributed by atoms with Crippen LogP contribution in [0.5, 0.6) is 0 Å². The number of nitrogens with two attached hydrogens (primary N) is 1. The van der Waals surface area contributed by atoms with Crippen molar-refractivity contribution in [3.63, 3.8) is 0 Å². The Morgan fingerprint density at radius 1 is 0.969 bits per heavy atom. The van der Waals surface area contributed by atoms with Crippen molar-refractivity contribution in [3.05, 3.63) is 85.1 Å². The van der Waals surface area contributed by atoms with Crippen molar-refractivity contribution >= 4 is 32.3 Å². The van der Waals surface area contributed by atoms with Crippen molar-refractivity contribution in [3.8, 4) is 0 Å². The van der Waals surface area contributed by atoms with Crippen molar-refractivity contribution in [1.29, 1.82) is 0 Å². The molecule has 1 amide bonds. The van der Waals surface area contributed by atoms with Crippen molar-refractivity contribution in [2.24, 2.45) is 5.73 Å². The van der Waals surface area contributed by atoms with Crippen LogP contribution in [0.4, 0.5) is 5.69 Å². The van der Waals surface area contributed by atoms with E-state index < -0.39 is 15.7 Å². The average molecular weight is 449 g/mol. The Kier molecular flexibility index (Phi) is 6.06. The first-order valence-electron chi connectivity index (χ1n) is 9.66. The molecule has 2 aromatic carbocycles. The molecule has 0 aliphatic rings. The largest absolute Gasteiger partial charge is 0.368 e. The number of sulfone groups is 1. The second kappa shape index (κ2) is 9.08. The van der Waals surface area contributed by atoms with Gasteiger partial charge in [-0.15, -0.1) is 0 Å². The van der Waals surface area contributed by atoms with Gasteiger partial charge in [-0.3, -0.25) is 9.78 Å². The molecule has 162 valence electrons. The highest BCUT2D eigenvalue weighted by Crippen LogP contribution is 2.22. The molecule has 0 aliphatic heterocycles. The minimum Gasteiger partial charge on any atom is -0.368 e. The van der Waals surface area contributed by atoms with Gasteiger partial charge in [-0.25, -0.2) is 23.4 Å². The van der Waals surface area contributed by atoms with E-state index in [1.54, 1.807) is 59.9 Å². The topological polar surface area (TPSA) is 131 Å². The summed E-state index contributed by atoms with van der Waals surface area (Å²) in [6.45, 7) is 0.201. The number of hydrogen-bond acceptors (Lipinski definition) is 8. The fourth-order valence-electron chi connectivity index (χ4n) is 3.16. The quantitative estimate of drug-likeness (QED) is 0.392. The van der Waals surface area contributed by atoms with Crippen LogP contribution in [-0.4, -0.2) is 40.8 Å². The maximum Gasteiger partial charge on any atom is 0.233 e. The van der Waals surface area contributed by atoms with Gasteiger partial charge in [0.2, 0.25) is 15.7 Å². The van der Waals surface area contributed by atoms with E-state index in [1.807, 2.05) is 6.07 Å². The lowest BCUT2D eigenvalue weighted by molar-refractivity contribution is -0.119. The lowest BCUT2D eigenvalue weighted by atomic mass is 10.2. The van der Waals surface area contributed by atoms with Crippen LogP contribution in [0.25, 0.3) is 10.9 Å². The maximum absolute atomic E-state index is 12.8. The van der Waals surface area contributed by atoms with E-state index >= 15 is 0 Å². The number of aromatic nitrogens is 3. The molecule has 0 fully saturated rings. The number of nitrogens with zero attached hydrogens (tertiary/aromatic N) is 4. The van der Waals surface area contributed by atoms with Crippen LogP contribution in [-0.2, 0) is 21.2 Å². The summed E-state index contributed by atoms with van der Waals surface area (Å²) in [5, 5.41) is 2.42. The van der Waals surface area contributed by atoms with Crippen molar-refractivity contribution < 1.29 is 13.2 Å². The molecule has 2 heterocycles. The first-order chi connectivity index (χ1) is 15.4. The van der Waals surface area contributed by atoms with Gasteiger partial charge in [0.1, 0.15) is 6.33 Å². The van der Waals surface area contributed by atoms with Gasteiger partial charge in [0.05, 0.1) is 40.3 Å². The first-order valence-corrected chi connectivity index (χ1v) is 11.1. The third-order valence-electron chi connectivity index (χ3n) is 4.65. The van der Waals surface area contributed by atoms with Gasteiger partial charge in [0.25, 0.3) is 0 Å². The summed E-state index contributed by atoms with van der Waals surface area (Å²) in [7, 11) is -3.61. The Balaban J connectivity index is 1.53. The van der Waals surface area contributed by atoms with E-state index in [4.69, 9.17) is 5.73 Å². The molecule has 0 radical (unpaired) electrons. The number of rotatable bonds is 8. The smallest absolute Gasteiger partial charge is 0.233 e. The first kappa shape index (κ1) is 21.3. The number of fused-ring (bicyclic) bond motifs is 1. The lowest BCUT2D eigenvalue weighted by Gasteiger charge is -2.23. The van der Waals surface area contributed by atoms with Gasteiger partial charge >= 0.3 is 0 Å². The van der Waals surface area contributed by atoms with Crippen LogP contribution in [0.3, 0.4) is 0 Å². The van der Waals surface area contributed by atoms with Gasteiger partial charge in [-0.05, 0) is 42.5 Å². The summed E-state index contributed by atoms with van der Waals surface area (Å²) in [5.74, 6) is -0.523. The molecule has 9 nitrogen and oxygen atoms in total. The van der Waals surface area contributed by atoms with E-state index in [1.165, 1.54) is 18.5 Å². The Morgan fingerprint density at radius 3 is 2.41 bits per heavy atom. The van der Waals surface area contributed by atoms with Crippen molar-refractivity contribution in [2.75, 3.05) is 12.0 Å². The second-order valence-corrected chi connectivity index (χ2v) is 8.98. The molecule has 0 bridgehead atoms. The number of benzene rings is 2. The van der Waals surface area contributed by atoms with Crippen molar-refractivity contribution in [1.82, 2.24) is 20.0 Å².